The maximum atomic E-state index is 12.1. The lowest BCUT2D eigenvalue weighted by Gasteiger charge is -2.26. The molecule has 1 atom stereocenters. The summed E-state index contributed by atoms with van der Waals surface area (Å²) in [5, 5.41) is 13.0. The van der Waals surface area contributed by atoms with Crippen LogP contribution in [0.15, 0.2) is 42.5 Å². The van der Waals surface area contributed by atoms with Gasteiger partial charge in [0.05, 0.1) is 6.10 Å². The topological polar surface area (TPSA) is 40.5 Å². The van der Waals surface area contributed by atoms with Gasteiger partial charge in [-0.05, 0) is 48.4 Å². The first kappa shape index (κ1) is 22.8. The van der Waals surface area contributed by atoms with E-state index >= 15 is 0 Å². The number of unbranched alkanes of at least 4 members (excludes halogenated alkanes) is 7. The Hall–Kier alpha value is -1.87. The first-order valence-electron chi connectivity index (χ1n) is 12.2. The van der Waals surface area contributed by atoms with Crippen LogP contribution in [0.5, 0.6) is 0 Å². The van der Waals surface area contributed by atoms with Gasteiger partial charge in [0, 0.05) is 19.5 Å². The van der Waals surface area contributed by atoms with Crippen molar-refractivity contribution in [3.63, 3.8) is 0 Å². The zero-order valence-electron chi connectivity index (χ0n) is 18.5. The normalized spacial score (nSPS) is 15.4. The van der Waals surface area contributed by atoms with Gasteiger partial charge in [0.25, 0.3) is 0 Å². The van der Waals surface area contributed by atoms with Crippen LogP contribution in [0, 0.1) is 0 Å². The number of carbonyl (C=O) groups excluding carboxylic acids is 1. The number of hydrogen-bond donors (Lipinski definition) is 1. The predicted octanol–water partition coefficient (Wildman–Crippen LogP) is 6.79. The third-order valence-corrected chi connectivity index (χ3v) is 6.51. The molecule has 164 valence electrons. The molecule has 0 bridgehead atoms. The third-order valence-electron chi connectivity index (χ3n) is 6.51. The standard InChI is InChI=1S/C27H39NO2/c29-26(25-18-14-16-23-15-10-11-17-24(23)25)19-8-5-3-1-2-4-6-9-20-27(30)28-21-12-7-13-22-28/h10-11,14-18,26,29H,1-9,12-13,19-22H2. The van der Waals surface area contributed by atoms with Crippen LogP contribution in [-0.4, -0.2) is 29.0 Å². The average molecular weight is 410 g/mol. The molecule has 1 aliphatic heterocycles. The molecule has 2 aromatic carbocycles. The number of aliphatic hydroxyl groups is 1. The Kier molecular flexibility index (Phi) is 9.69. The second-order valence-electron chi connectivity index (χ2n) is 8.89. The molecule has 2 aromatic rings. The summed E-state index contributed by atoms with van der Waals surface area (Å²) in [6.07, 6.45) is 14.4. The summed E-state index contributed by atoms with van der Waals surface area (Å²) in [7, 11) is 0. The van der Waals surface area contributed by atoms with Crippen LogP contribution in [0.2, 0.25) is 0 Å². The highest BCUT2D eigenvalue weighted by Gasteiger charge is 2.15. The molecule has 1 heterocycles. The number of benzene rings is 2. The minimum Gasteiger partial charge on any atom is -0.388 e. The van der Waals surface area contributed by atoms with Crippen LogP contribution < -0.4 is 0 Å². The molecule has 1 aliphatic rings. The first-order valence-corrected chi connectivity index (χ1v) is 12.2. The zero-order chi connectivity index (χ0) is 21.0. The molecule has 0 spiro atoms. The fraction of sp³-hybridized carbons (Fsp3) is 0.593. The number of fused-ring (bicyclic) bond motifs is 1. The third kappa shape index (κ3) is 7.12. The second-order valence-corrected chi connectivity index (χ2v) is 8.89. The number of aliphatic hydroxyl groups excluding tert-OH is 1. The monoisotopic (exact) mass is 409 g/mol. The van der Waals surface area contributed by atoms with E-state index in [-0.39, 0.29) is 6.10 Å². The first-order chi connectivity index (χ1) is 14.8. The van der Waals surface area contributed by atoms with E-state index in [9.17, 15) is 9.90 Å². The largest absolute Gasteiger partial charge is 0.388 e. The van der Waals surface area contributed by atoms with E-state index in [2.05, 4.69) is 29.2 Å². The Morgan fingerprint density at radius 2 is 1.43 bits per heavy atom. The van der Waals surface area contributed by atoms with Crippen molar-refractivity contribution >= 4 is 16.7 Å². The smallest absolute Gasteiger partial charge is 0.222 e. The molecule has 0 saturated carbocycles. The Labute approximate surface area is 182 Å². The number of rotatable bonds is 12. The number of hydrogen-bond acceptors (Lipinski definition) is 2. The van der Waals surface area contributed by atoms with Crippen LogP contribution in [0.3, 0.4) is 0 Å². The molecule has 3 nitrogen and oxygen atoms in total. The van der Waals surface area contributed by atoms with Crippen molar-refractivity contribution in [3.05, 3.63) is 48.0 Å². The van der Waals surface area contributed by atoms with Crippen molar-refractivity contribution in [1.29, 1.82) is 0 Å². The number of amides is 1. The van der Waals surface area contributed by atoms with Crippen molar-refractivity contribution in [2.24, 2.45) is 0 Å². The summed E-state index contributed by atoms with van der Waals surface area (Å²) in [6, 6.07) is 14.5. The highest BCUT2D eigenvalue weighted by atomic mass is 16.3. The molecule has 0 radical (unpaired) electrons. The van der Waals surface area contributed by atoms with Gasteiger partial charge in [-0.3, -0.25) is 4.79 Å². The molecule has 30 heavy (non-hydrogen) atoms. The van der Waals surface area contributed by atoms with Crippen LogP contribution in [0.1, 0.15) is 95.1 Å². The number of piperidine rings is 1. The van der Waals surface area contributed by atoms with Crippen molar-refractivity contribution in [2.45, 2.75) is 89.6 Å². The number of likely N-dealkylation sites (tertiary alicyclic amines) is 1. The van der Waals surface area contributed by atoms with Gasteiger partial charge in [-0.15, -0.1) is 0 Å². The van der Waals surface area contributed by atoms with E-state index in [4.69, 9.17) is 0 Å². The molecular weight excluding hydrogens is 370 g/mol. The molecule has 3 rings (SSSR count). The highest BCUT2D eigenvalue weighted by Crippen LogP contribution is 2.27. The highest BCUT2D eigenvalue weighted by molar-refractivity contribution is 5.85. The summed E-state index contributed by atoms with van der Waals surface area (Å²) in [6.45, 7) is 1.96. The maximum Gasteiger partial charge on any atom is 0.222 e. The lowest BCUT2D eigenvalue weighted by molar-refractivity contribution is -0.132. The lowest BCUT2D eigenvalue weighted by atomic mass is 9.96. The van der Waals surface area contributed by atoms with Gasteiger partial charge in [0.1, 0.15) is 0 Å². The zero-order valence-corrected chi connectivity index (χ0v) is 18.5. The van der Waals surface area contributed by atoms with E-state index in [0.29, 0.717) is 5.91 Å². The summed E-state index contributed by atoms with van der Waals surface area (Å²) < 4.78 is 0. The molecule has 0 aliphatic carbocycles. The predicted molar refractivity (Wildman–Crippen MR) is 126 cm³/mol. The van der Waals surface area contributed by atoms with Crippen LogP contribution in [0.25, 0.3) is 10.8 Å². The molecule has 1 saturated heterocycles. The van der Waals surface area contributed by atoms with Crippen LogP contribution in [0.4, 0.5) is 0 Å². The van der Waals surface area contributed by atoms with Gasteiger partial charge in [0.15, 0.2) is 0 Å². The Morgan fingerprint density at radius 3 is 2.20 bits per heavy atom. The fourth-order valence-electron chi connectivity index (χ4n) is 4.67. The molecule has 0 aromatic heterocycles. The fourth-order valence-corrected chi connectivity index (χ4v) is 4.67. The molecule has 1 amide bonds. The van der Waals surface area contributed by atoms with Gasteiger partial charge in [-0.2, -0.15) is 0 Å². The van der Waals surface area contributed by atoms with E-state index in [1.807, 2.05) is 18.2 Å². The van der Waals surface area contributed by atoms with Crippen molar-refractivity contribution in [2.75, 3.05) is 13.1 Å². The Bertz CT molecular complexity index is 761. The summed E-state index contributed by atoms with van der Waals surface area (Å²) in [5.41, 5.74) is 1.06. The quantitative estimate of drug-likeness (QED) is 0.392. The Balaban J connectivity index is 1.20. The summed E-state index contributed by atoms with van der Waals surface area (Å²) in [4.78, 5) is 14.2. The van der Waals surface area contributed by atoms with Gasteiger partial charge in [-0.1, -0.05) is 87.4 Å². The van der Waals surface area contributed by atoms with Crippen LogP contribution >= 0.6 is 0 Å². The minimum absolute atomic E-state index is 0.367. The van der Waals surface area contributed by atoms with Gasteiger partial charge >= 0.3 is 0 Å². The lowest BCUT2D eigenvalue weighted by Crippen LogP contribution is -2.35. The van der Waals surface area contributed by atoms with E-state index < -0.39 is 0 Å². The van der Waals surface area contributed by atoms with Crippen molar-refractivity contribution in [1.82, 2.24) is 4.90 Å². The van der Waals surface area contributed by atoms with E-state index in [1.54, 1.807) is 0 Å². The number of carbonyl (C=O) groups is 1. The SMILES string of the molecule is O=C(CCCCCCCCCCC(O)c1cccc2ccccc12)N1CCCCC1. The van der Waals surface area contributed by atoms with E-state index in [1.165, 1.54) is 68.6 Å². The minimum atomic E-state index is -0.367. The number of nitrogens with zero attached hydrogens (tertiary/aromatic N) is 1. The van der Waals surface area contributed by atoms with Crippen molar-refractivity contribution in [3.8, 4) is 0 Å². The molecule has 1 N–H and O–H groups in total. The van der Waals surface area contributed by atoms with E-state index in [0.717, 1.165) is 44.3 Å². The molecule has 1 unspecified atom stereocenters. The summed E-state index contributed by atoms with van der Waals surface area (Å²) in [5.74, 6) is 0.374. The molecular formula is C27H39NO2. The summed E-state index contributed by atoms with van der Waals surface area (Å²) >= 11 is 0. The van der Waals surface area contributed by atoms with Crippen molar-refractivity contribution < 1.29 is 9.90 Å². The van der Waals surface area contributed by atoms with Gasteiger partial charge < -0.3 is 10.0 Å². The average Bonchev–Trinajstić information content (AvgIpc) is 2.80. The van der Waals surface area contributed by atoms with Crippen LogP contribution in [-0.2, 0) is 4.79 Å². The molecule has 1 fully saturated rings. The van der Waals surface area contributed by atoms with Gasteiger partial charge in [-0.25, -0.2) is 0 Å². The molecule has 3 heteroatoms. The second kappa shape index (κ2) is 12.7. The maximum absolute atomic E-state index is 12.1. The van der Waals surface area contributed by atoms with Gasteiger partial charge in [0.2, 0.25) is 5.91 Å². The Morgan fingerprint density at radius 1 is 0.800 bits per heavy atom.